The molecule has 0 bridgehead atoms. The van der Waals surface area contributed by atoms with Crippen molar-refractivity contribution in [3.8, 4) is 0 Å². The maximum Gasteiger partial charge on any atom is 0.0668 e. The molecule has 0 fully saturated rings. The molecule has 0 heterocycles. The van der Waals surface area contributed by atoms with Crippen molar-refractivity contribution in [2.75, 3.05) is 0 Å². The molecule has 0 aromatic carbocycles. The predicted octanol–water partition coefficient (Wildman–Crippen LogP) is 1.28. The number of hydrogen-bond acceptors (Lipinski definition) is 2. The molecule has 0 amide bonds. The minimum absolute atomic E-state index is 0.205. The van der Waals surface area contributed by atoms with Crippen LogP contribution in [0, 0.1) is 0 Å². The van der Waals surface area contributed by atoms with Crippen LogP contribution < -0.4 is 5.11 Å². The predicted molar refractivity (Wildman–Crippen MR) is 44.9 cm³/mol. The molecular formula is C9H15O2-. The van der Waals surface area contributed by atoms with Crippen LogP contribution >= 0.6 is 0 Å². The first-order chi connectivity index (χ1) is 5.18. The highest BCUT2D eigenvalue weighted by Gasteiger charge is 1.91. The maximum absolute atomic E-state index is 9.99. The summed E-state index contributed by atoms with van der Waals surface area (Å²) in [6.45, 7) is 11.3. The van der Waals surface area contributed by atoms with E-state index in [4.69, 9.17) is 0 Å². The summed E-state index contributed by atoms with van der Waals surface area (Å²) in [7, 11) is 0. The van der Waals surface area contributed by atoms with E-state index in [1.807, 2.05) is 6.92 Å². The number of carboxylic acids is 1. The summed E-state index contributed by atoms with van der Waals surface area (Å²) in [5.74, 6) is -1.12. The van der Waals surface area contributed by atoms with Crippen molar-refractivity contribution in [3.05, 3.63) is 25.3 Å². The van der Waals surface area contributed by atoms with Crippen LogP contribution in [0.4, 0.5) is 0 Å². The molecule has 0 aliphatic rings. The van der Waals surface area contributed by atoms with Gasteiger partial charge in [-0.3, -0.25) is 0 Å². The van der Waals surface area contributed by atoms with Crippen molar-refractivity contribution in [2.45, 2.75) is 26.2 Å². The Balaban J connectivity index is 0. The normalized spacial score (nSPS) is 7.73. The van der Waals surface area contributed by atoms with Gasteiger partial charge in [-0.05, 0) is 18.4 Å². The van der Waals surface area contributed by atoms with E-state index in [9.17, 15) is 9.90 Å². The highest BCUT2D eigenvalue weighted by Crippen LogP contribution is 2.02. The van der Waals surface area contributed by atoms with Gasteiger partial charge in [0.15, 0.2) is 0 Å². The third kappa shape index (κ3) is 8.95. The van der Waals surface area contributed by atoms with Crippen LogP contribution in [0.5, 0.6) is 0 Å². The third-order valence-corrected chi connectivity index (χ3v) is 1.12. The Kier molecular flexibility index (Phi) is 10.3. The van der Waals surface area contributed by atoms with Crippen LogP contribution in [0.15, 0.2) is 25.3 Å². The summed E-state index contributed by atoms with van der Waals surface area (Å²) in [4.78, 5) is 9.99. The summed E-state index contributed by atoms with van der Waals surface area (Å²) in [5, 5.41) is 9.99. The number of rotatable bonds is 4. The molecule has 0 aliphatic carbocycles. The van der Waals surface area contributed by atoms with Crippen molar-refractivity contribution in [3.63, 3.8) is 0 Å². The van der Waals surface area contributed by atoms with Gasteiger partial charge in [-0.15, -0.1) is 13.2 Å². The van der Waals surface area contributed by atoms with Gasteiger partial charge >= 0.3 is 0 Å². The molecule has 0 N–H and O–H groups in total. The number of aliphatic carboxylic acids is 1. The van der Waals surface area contributed by atoms with Gasteiger partial charge in [0.2, 0.25) is 0 Å². The molecule has 11 heavy (non-hydrogen) atoms. The summed E-state index contributed by atoms with van der Waals surface area (Å²) in [6.07, 6.45) is 2.43. The molecule has 0 aromatic rings. The average molecular weight is 155 g/mol. The molecule has 0 aliphatic heterocycles. The third-order valence-electron chi connectivity index (χ3n) is 1.12. The molecule has 0 aromatic heterocycles. The van der Waals surface area contributed by atoms with Gasteiger partial charge in [0.1, 0.15) is 0 Å². The van der Waals surface area contributed by atoms with Gasteiger partial charge in [0.25, 0.3) is 0 Å². The lowest BCUT2D eigenvalue weighted by atomic mass is 10.1. The van der Waals surface area contributed by atoms with E-state index in [0.717, 1.165) is 12.8 Å². The van der Waals surface area contributed by atoms with Gasteiger partial charge in [-0.1, -0.05) is 19.9 Å². The van der Waals surface area contributed by atoms with Crippen LogP contribution in [-0.4, -0.2) is 5.97 Å². The van der Waals surface area contributed by atoms with Crippen LogP contribution in [-0.2, 0) is 4.79 Å². The number of carboxylic acid groups (broad SMARTS) is 1. The Hall–Kier alpha value is -1.05. The van der Waals surface area contributed by atoms with Gasteiger partial charge in [-0.25, -0.2) is 0 Å². The minimum Gasteiger partial charge on any atom is -0.545 e. The number of hydrogen-bond donors (Lipinski definition) is 0. The molecule has 0 unspecified atom stereocenters. The second-order valence-corrected chi connectivity index (χ2v) is 1.99. The van der Waals surface area contributed by atoms with Gasteiger partial charge < -0.3 is 9.90 Å². The van der Waals surface area contributed by atoms with E-state index in [0.29, 0.717) is 6.42 Å². The zero-order valence-corrected chi connectivity index (χ0v) is 7.06. The largest absolute Gasteiger partial charge is 0.545 e. The average Bonchev–Trinajstić information content (AvgIpc) is 2.03. The number of carbonyl (C=O) groups is 1. The SMILES string of the molecule is C=C.C=C(CCCC)C(=O)[O-]. The maximum atomic E-state index is 9.99. The fourth-order valence-electron chi connectivity index (χ4n) is 0.492. The van der Waals surface area contributed by atoms with Gasteiger partial charge in [0.05, 0.1) is 5.97 Å². The second kappa shape index (κ2) is 8.95. The van der Waals surface area contributed by atoms with Crippen LogP contribution in [0.3, 0.4) is 0 Å². The van der Waals surface area contributed by atoms with Gasteiger partial charge in [0, 0.05) is 0 Å². The van der Waals surface area contributed by atoms with E-state index in [-0.39, 0.29) is 5.57 Å². The van der Waals surface area contributed by atoms with Crippen molar-refractivity contribution in [2.24, 2.45) is 0 Å². The smallest absolute Gasteiger partial charge is 0.0668 e. The second-order valence-electron chi connectivity index (χ2n) is 1.99. The fourth-order valence-corrected chi connectivity index (χ4v) is 0.492. The highest BCUT2D eigenvalue weighted by atomic mass is 16.4. The molecule has 0 saturated carbocycles. The van der Waals surface area contributed by atoms with Crippen LogP contribution in [0.2, 0.25) is 0 Å². The van der Waals surface area contributed by atoms with E-state index >= 15 is 0 Å². The number of unbranched alkanes of at least 4 members (excludes halogenated alkanes) is 1. The van der Waals surface area contributed by atoms with E-state index < -0.39 is 5.97 Å². The first-order valence-electron chi connectivity index (χ1n) is 3.57. The summed E-state index contributed by atoms with van der Waals surface area (Å²) >= 11 is 0. The van der Waals surface area contributed by atoms with Crippen molar-refractivity contribution < 1.29 is 9.90 Å². The Bertz CT molecular complexity index is 128. The molecular weight excluding hydrogens is 140 g/mol. The Morgan fingerprint density at radius 2 is 1.91 bits per heavy atom. The van der Waals surface area contributed by atoms with Gasteiger partial charge in [-0.2, -0.15) is 0 Å². The van der Waals surface area contributed by atoms with Crippen molar-refractivity contribution in [1.82, 2.24) is 0 Å². The Labute approximate surface area is 68.2 Å². The highest BCUT2D eigenvalue weighted by molar-refractivity contribution is 5.83. The van der Waals surface area contributed by atoms with Crippen LogP contribution in [0.25, 0.3) is 0 Å². The molecule has 0 rings (SSSR count). The topological polar surface area (TPSA) is 40.1 Å². The Morgan fingerprint density at radius 1 is 1.45 bits per heavy atom. The standard InChI is InChI=1S/C7H12O2.C2H4/c1-3-4-5-6(2)7(8)9;1-2/h2-5H2,1H3,(H,8,9);1-2H2/p-1. The lowest BCUT2D eigenvalue weighted by molar-refractivity contribution is -0.299. The molecule has 0 spiro atoms. The molecule has 0 saturated heterocycles. The number of carbonyl (C=O) groups excluding carboxylic acids is 1. The molecule has 2 nitrogen and oxygen atoms in total. The summed E-state index contributed by atoms with van der Waals surface area (Å²) in [6, 6.07) is 0. The lowest BCUT2D eigenvalue weighted by Crippen LogP contribution is -2.23. The van der Waals surface area contributed by atoms with E-state index in [2.05, 4.69) is 19.7 Å². The zero-order chi connectivity index (χ0) is 9.28. The Morgan fingerprint density at radius 3 is 2.18 bits per heavy atom. The molecule has 64 valence electrons. The molecule has 0 radical (unpaired) electrons. The summed E-state index contributed by atoms with van der Waals surface area (Å²) < 4.78 is 0. The van der Waals surface area contributed by atoms with Crippen molar-refractivity contribution in [1.29, 1.82) is 0 Å². The van der Waals surface area contributed by atoms with E-state index in [1.165, 1.54) is 0 Å². The van der Waals surface area contributed by atoms with Crippen LogP contribution in [0.1, 0.15) is 26.2 Å². The van der Waals surface area contributed by atoms with Crippen molar-refractivity contribution >= 4 is 5.97 Å². The first kappa shape index (κ1) is 12.6. The quantitative estimate of drug-likeness (QED) is 0.453. The van der Waals surface area contributed by atoms with E-state index in [1.54, 1.807) is 0 Å². The fraction of sp³-hybridized carbons (Fsp3) is 0.444. The molecule has 0 atom stereocenters. The molecule has 2 heteroatoms. The monoisotopic (exact) mass is 155 g/mol. The minimum atomic E-state index is -1.12. The summed E-state index contributed by atoms with van der Waals surface area (Å²) in [5.41, 5.74) is 0.205. The first-order valence-corrected chi connectivity index (χ1v) is 3.57. The zero-order valence-electron chi connectivity index (χ0n) is 7.06. The lowest BCUT2D eigenvalue weighted by Gasteiger charge is -2.03.